The summed E-state index contributed by atoms with van der Waals surface area (Å²) in [6.45, 7) is 1.66. The molecular weight excluding hydrogens is 349 g/mol. The van der Waals surface area contributed by atoms with Crippen molar-refractivity contribution in [2.45, 2.75) is 18.9 Å². The van der Waals surface area contributed by atoms with Crippen molar-refractivity contribution < 1.29 is 9.53 Å². The van der Waals surface area contributed by atoms with Crippen molar-refractivity contribution in [1.29, 1.82) is 0 Å². The minimum absolute atomic E-state index is 0.129. The summed E-state index contributed by atoms with van der Waals surface area (Å²) in [5.74, 6) is 0.129. The van der Waals surface area contributed by atoms with Gasteiger partial charge in [0.25, 0.3) is 0 Å². The van der Waals surface area contributed by atoms with E-state index in [-0.39, 0.29) is 12.0 Å². The highest BCUT2D eigenvalue weighted by Crippen LogP contribution is 2.29. The Kier molecular flexibility index (Phi) is 5.43. The van der Waals surface area contributed by atoms with Crippen LogP contribution in [-0.2, 0) is 23.0 Å². The van der Waals surface area contributed by atoms with E-state index in [0.29, 0.717) is 42.6 Å². The number of ether oxygens (including phenoxy) is 1. The van der Waals surface area contributed by atoms with Gasteiger partial charge in [0.15, 0.2) is 0 Å². The number of benzene rings is 1. The molecule has 1 aromatic carbocycles. The first-order chi connectivity index (χ1) is 11.5. The van der Waals surface area contributed by atoms with Crippen LogP contribution < -0.4 is 0 Å². The van der Waals surface area contributed by atoms with Crippen molar-refractivity contribution >= 4 is 29.1 Å². The summed E-state index contributed by atoms with van der Waals surface area (Å²) in [4.78, 5) is 14.4. The number of hydrogen-bond acceptors (Lipinski definition) is 3. The van der Waals surface area contributed by atoms with Crippen LogP contribution in [0.5, 0.6) is 0 Å². The van der Waals surface area contributed by atoms with E-state index in [0.717, 1.165) is 11.3 Å². The molecule has 1 aliphatic rings. The number of aryl methyl sites for hydroxylation is 2. The van der Waals surface area contributed by atoms with Gasteiger partial charge in [0.1, 0.15) is 6.10 Å². The van der Waals surface area contributed by atoms with E-state index in [1.165, 1.54) is 0 Å². The molecule has 3 rings (SSSR count). The quantitative estimate of drug-likeness (QED) is 0.832. The maximum absolute atomic E-state index is 12.5. The predicted molar refractivity (Wildman–Crippen MR) is 93.3 cm³/mol. The van der Waals surface area contributed by atoms with Gasteiger partial charge in [0.2, 0.25) is 5.91 Å². The van der Waals surface area contributed by atoms with Crippen molar-refractivity contribution in [2.75, 3.05) is 19.7 Å². The van der Waals surface area contributed by atoms with Crippen LogP contribution in [0.25, 0.3) is 0 Å². The van der Waals surface area contributed by atoms with Crippen LogP contribution in [0.1, 0.15) is 23.8 Å². The fraction of sp³-hybridized carbons (Fsp3) is 0.412. The third-order valence-electron chi connectivity index (χ3n) is 4.25. The SMILES string of the molecule is Cn1nccc1CCC(=O)N1CCOC(c2ccc(Cl)c(Cl)c2)C1. The van der Waals surface area contributed by atoms with Crippen LogP contribution in [-0.4, -0.2) is 40.3 Å². The monoisotopic (exact) mass is 367 g/mol. The summed E-state index contributed by atoms with van der Waals surface area (Å²) in [6, 6.07) is 7.39. The molecule has 0 bridgehead atoms. The Hall–Kier alpha value is -1.56. The zero-order chi connectivity index (χ0) is 17.1. The van der Waals surface area contributed by atoms with Gasteiger partial charge < -0.3 is 9.64 Å². The minimum Gasteiger partial charge on any atom is -0.370 e. The molecule has 1 atom stereocenters. The number of rotatable bonds is 4. The summed E-state index contributed by atoms with van der Waals surface area (Å²) < 4.78 is 7.60. The summed E-state index contributed by atoms with van der Waals surface area (Å²) in [5.41, 5.74) is 1.99. The molecule has 0 spiro atoms. The number of aromatic nitrogens is 2. The van der Waals surface area contributed by atoms with Crippen LogP contribution >= 0.6 is 23.2 Å². The lowest BCUT2D eigenvalue weighted by Gasteiger charge is -2.33. The lowest BCUT2D eigenvalue weighted by atomic mass is 10.1. The van der Waals surface area contributed by atoms with E-state index in [1.54, 1.807) is 23.0 Å². The van der Waals surface area contributed by atoms with Gasteiger partial charge in [-0.15, -0.1) is 0 Å². The summed E-state index contributed by atoms with van der Waals surface area (Å²) in [6.07, 6.45) is 2.72. The Balaban J connectivity index is 1.61. The van der Waals surface area contributed by atoms with Crippen molar-refractivity contribution in [3.63, 3.8) is 0 Å². The Bertz CT molecular complexity index is 732. The number of halogens is 2. The predicted octanol–water partition coefficient (Wildman–Crippen LogP) is 3.26. The molecular formula is C17H19Cl2N3O2. The molecule has 128 valence electrons. The molecule has 0 aliphatic carbocycles. The van der Waals surface area contributed by atoms with Gasteiger partial charge in [0.05, 0.1) is 23.2 Å². The highest BCUT2D eigenvalue weighted by molar-refractivity contribution is 6.42. The first kappa shape index (κ1) is 17.3. The molecule has 2 aromatic rings. The summed E-state index contributed by atoms with van der Waals surface area (Å²) >= 11 is 12.0. The molecule has 0 N–H and O–H groups in total. The molecule has 1 aliphatic heterocycles. The number of hydrogen-bond donors (Lipinski definition) is 0. The number of carbonyl (C=O) groups excluding carboxylic acids is 1. The van der Waals surface area contributed by atoms with Crippen LogP contribution in [0.2, 0.25) is 10.0 Å². The topological polar surface area (TPSA) is 47.4 Å². The molecule has 7 heteroatoms. The van der Waals surface area contributed by atoms with E-state index in [2.05, 4.69) is 5.10 Å². The summed E-state index contributed by atoms with van der Waals surface area (Å²) in [5, 5.41) is 5.13. The largest absolute Gasteiger partial charge is 0.370 e. The number of morpholine rings is 1. The van der Waals surface area contributed by atoms with Crippen LogP contribution in [0.3, 0.4) is 0 Å². The van der Waals surface area contributed by atoms with Gasteiger partial charge in [0, 0.05) is 31.9 Å². The van der Waals surface area contributed by atoms with Crippen molar-refractivity contribution in [3.8, 4) is 0 Å². The Morgan fingerprint density at radius 1 is 1.33 bits per heavy atom. The van der Waals surface area contributed by atoms with Crippen LogP contribution in [0.4, 0.5) is 0 Å². The molecule has 0 saturated carbocycles. The van der Waals surface area contributed by atoms with Crippen molar-refractivity contribution in [2.24, 2.45) is 7.05 Å². The standard InChI is InChI=1S/C17H19Cl2N3O2/c1-21-13(6-7-20-21)3-5-17(23)22-8-9-24-16(11-22)12-2-4-14(18)15(19)10-12/h2,4,6-7,10,16H,3,5,8-9,11H2,1H3. The second-order valence-electron chi connectivity index (χ2n) is 5.82. The van der Waals surface area contributed by atoms with Gasteiger partial charge >= 0.3 is 0 Å². The Labute approximate surface area is 151 Å². The van der Waals surface area contributed by atoms with Gasteiger partial charge in [-0.3, -0.25) is 9.48 Å². The second kappa shape index (κ2) is 7.55. The highest BCUT2D eigenvalue weighted by atomic mass is 35.5. The smallest absolute Gasteiger partial charge is 0.223 e. The lowest BCUT2D eigenvalue weighted by molar-refractivity contribution is -0.139. The fourth-order valence-electron chi connectivity index (χ4n) is 2.83. The fourth-order valence-corrected chi connectivity index (χ4v) is 3.14. The Morgan fingerprint density at radius 2 is 2.17 bits per heavy atom. The van der Waals surface area contributed by atoms with E-state index in [9.17, 15) is 4.79 Å². The average molecular weight is 368 g/mol. The molecule has 1 saturated heterocycles. The molecule has 1 aromatic heterocycles. The van der Waals surface area contributed by atoms with Gasteiger partial charge in [-0.2, -0.15) is 5.10 Å². The van der Waals surface area contributed by atoms with Crippen LogP contribution in [0, 0.1) is 0 Å². The molecule has 2 heterocycles. The first-order valence-electron chi connectivity index (χ1n) is 7.86. The first-order valence-corrected chi connectivity index (χ1v) is 8.61. The Morgan fingerprint density at radius 3 is 2.88 bits per heavy atom. The lowest BCUT2D eigenvalue weighted by Crippen LogP contribution is -2.42. The van der Waals surface area contributed by atoms with Gasteiger partial charge in [-0.25, -0.2) is 0 Å². The van der Waals surface area contributed by atoms with E-state index < -0.39 is 0 Å². The van der Waals surface area contributed by atoms with Crippen molar-refractivity contribution in [1.82, 2.24) is 14.7 Å². The van der Waals surface area contributed by atoms with E-state index >= 15 is 0 Å². The maximum atomic E-state index is 12.5. The molecule has 1 unspecified atom stereocenters. The maximum Gasteiger partial charge on any atom is 0.223 e. The number of carbonyl (C=O) groups is 1. The van der Waals surface area contributed by atoms with Crippen LogP contribution in [0.15, 0.2) is 30.5 Å². The third-order valence-corrected chi connectivity index (χ3v) is 4.99. The van der Waals surface area contributed by atoms with E-state index in [4.69, 9.17) is 27.9 Å². The normalized spacial score (nSPS) is 18.0. The van der Waals surface area contributed by atoms with Crippen molar-refractivity contribution in [3.05, 3.63) is 51.8 Å². The molecule has 1 amide bonds. The van der Waals surface area contributed by atoms with Gasteiger partial charge in [-0.05, 0) is 30.2 Å². The number of amides is 1. The highest BCUT2D eigenvalue weighted by Gasteiger charge is 2.25. The summed E-state index contributed by atoms with van der Waals surface area (Å²) in [7, 11) is 1.88. The molecule has 0 radical (unpaired) electrons. The molecule has 24 heavy (non-hydrogen) atoms. The minimum atomic E-state index is -0.172. The zero-order valence-electron chi connectivity index (χ0n) is 13.4. The molecule has 1 fully saturated rings. The number of nitrogens with zero attached hydrogens (tertiary/aromatic N) is 3. The average Bonchev–Trinajstić information content (AvgIpc) is 3.00. The zero-order valence-corrected chi connectivity index (χ0v) is 14.9. The van der Waals surface area contributed by atoms with E-state index in [1.807, 2.05) is 24.1 Å². The third kappa shape index (κ3) is 3.91. The van der Waals surface area contributed by atoms with Gasteiger partial charge in [-0.1, -0.05) is 29.3 Å². The molecule has 5 nitrogen and oxygen atoms in total. The second-order valence-corrected chi connectivity index (χ2v) is 6.63.